The van der Waals surface area contributed by atoms with Crippen LogP contribution in [-0.4, -0.2) is 36.8 Å². The molecule has 3 aromatic rings. The molecule has 2 aromatic heterocycles. The van der Waals surface area contributed by atoms with Crippen molar-refractivity contribution in [2.45, 2.75) is 6.92 Å². The van der Waals surface area contributed by atoms with Gasteiger partial charge in [0.05, 0.1) is 41.4 Å². The maximum Gasteiger partial charge on any atom is 0.352 e. The maximum absolute atomic E-state index is 12.3. The highest BCUT2D eigenvalue weighted by Crippen LogP contribution is 2.45. The molecule has 142 valence electrons. The first-order valence-corrected chi connectivity index (χ1v) is 9.74. The predicted molar refractivity (Wildman–Crippen MR) is 109 cm³/mol. The number of nitrogens with zero attached hydrogens (tertiary/aromatic N) is 2. The number of carbonyl (C=O) groups is 1. The first-order chi connectivity index (χ1) is 12.9. The van der Waals surface area contributed by atoms with Crippen molar-refractivity contribution >= 4 is 61.0 Å². The highest BCUT2D eigenvalue weighted by Gasteiger charge is 2.26. The van der Waals surface area contributed by atoms with Crippen LogP contribution in [-0.2, 0) is 4.74 Å². The van der Waals surface area contributed by atoms with Crippen molar-refractivity contribution in [2.24, 2.45) is 0 Å². The number of ether oxygens (including phenoxy) is 3. The normalized spacial score (nSPS) is 10.9. The molecule has 0 saturated carbocycles. The summed E-state index contributed by atoms with van der Waals surface area (Å²) < 4.78 is 16.7. The molecule has 1 aromatic carbocycles. The summed E-state index contributed by atoms with van der Waals surface area (Å²) in [5.74, 6) is 0.442. The zero-order chi connectivity index (χ0) is 19.7. The number of fused-ring (bicyclic) bond motifs is 1. The Kier molecular flexibility index (Phi) is 5.73. The van der Waals surface area contributed by atoms with Crippen molar-refractivity contribution in [1.29, 1.82) is 0 Å². The highest BCUT2D eigenvalue weighted by molar-refractivity contribution is 9.10. The van der Waals surface area contributed by atoms with E-state index >= 15 is 0 Å². The number of nitrogen functional groups attached to an aromatic ring is 1. The van der Waals surface area contributed by atoms with Gasteiger partial charge >= 0.3 is 5.97 Å². The molecule has 7 nitrogen and oxygen atoms in total. The molecule has 0 unspecified atom stereocenters. The van der Waals surface area contributed by atoms with Crippen molar-refractivity contribution in [3.05, 3.63) is 26.5 Å². The van der Waals surface area contributed by atoms with Gasteiger partial charge in [0.15, 0.2) is 10.6 Å². The first-order valence-electron chi connectivity index (χ1n) is 7.75. The zero-order valence-electron chi connectivity index (χ0n) is 14.6. The van der Waals surface area contributed by atoms with Gasteiger partial charge in [-0.1, -0.05) is 11.6 Å². The Morgan fingerprint density at radius 3 is 2.67 bits per heavy atom. The number of esters is 1. The van der Waals surface area contributed by atoms with E-state index in [1.807, 2.05) is 0 Å². The van der Waals surface area contributed by atoms with Gasteiger partial charge in [0.1, 0.15) is 10.6 Å². The van der Waals surface area contributed by atoms with E-state index in [9.17, 15) is 4.79 Å². The Bertz CT molecular complexity index is 1040. The maximum atomic E-state index is 12.3. The predicted octanol–water partition coefficient (Wildman–Crippen LogP) is 4.55. The fourth-order valence-corrected chi connectivity index (χ4v) is 4.51. The molecule has 10 heteroatoms. The molecule has 0 aliphatic heterocycles. The van der Waals surface area contributed by atoms with Crippen LogP contribution in [0.1, 0.15) is 16.6 Å². The van der Waals surface area contributed by atoms with Crippen molar-refractivity contribution < 1.29 is 19.0 Å². The average molecular weight is 473 g/mol. The lowest BCUT2D eigenvalue weighted by atomic mass is 10.1. The third-order valence-electron chi connectivity index (χ3n) is 3.69. The van der Waals surface area contributed by atoms with Crippen LogP contribution in [0.5, 0.6) is 11.5 Å². The minimum absolute atomic E-state index is 0.0507. The summed E-state index contributed by atoms with van der Waals surface area (Å²) in [6.45, 7) is 1.97. The summed E-state index contributed by atoms with van der Waals surface area (Å²) in [6.07, 6.45) is 0. The number of halogens is 2. The van der Waals surface area contributed by atoms with Gasteiger partial charge in [-0.15, -0.1) is 11.3 Å². The number of benzene rings is 1. The number of nitrogens with two attached hydrogens (primary N) is 1. The number of hydrogen-bond donors (Lipinski definition) is 1. The zero-order valence-corrected chi connectivity index (χ0v) is 17.8. The van der Waals surface area contributed by atoms with Crippen LogP contribution in [0, 0.1) is 0 Å². The van der Waals surface area contributed by atoms with Gasteiger partial charge in [-0.2, -0.15) is 0 Å². The lowest BCUT2D eigenvalue weighted by molar-refractivity contribution is 0.0529. The van der Waals surface area contributed by atoms with Crippen molar-refractivity contribution in [2.75, 3.05) is 26.6 Å². The van der Waals surface area contributed by atoms with Gasteiger partial charge in [-0.3, -0.25) is 0 Å². The number of anilines is 1. The molecule has 0 radical (unpaired) electrons. The number of methoxy groups -OCH3 is 2. The fourth-order valence-electron chi connectivity index (χ4n) is 2.58. The van der Waals surface area contributed by atoms with Gasteiger partial charge in [0.2, 0.25) is 5.95 Å². The SMILES string of the molecule is CCOC(=O)c1sc2nc(N)nc(-c3cc(OC)c(Br)cc3Cl)c2c1OC. The fraction of sp³-hybridized carbons (Fsp3) is 0.235. The van der Waals surface area contributed by atoms with Crippen LogP contribution in [0.4, 0.5) is 5.95 Å². The van der Waals surface area contributed by atoms with Gasteiger partial charge in [0, 0.05) is 5.56 Å². The van der Waals surface area contributed by atoms with E-state index in [0.29, 0.717) is 42.5 Å². The Labute approximate surface area is 172 Å². The van der Waals surface area contributed by atoms with E-state index in [1.165, 1.54) is 7.11 Å². The number of aromatic nitrogens is 2. The van der Waals surface area contributed by atoms with Gasteiger partial charge in [-0.05, 0) is 35.0 Å². The third-order valence-corrected chi connectivity index (χ3v) is 5.66. The minimum Gasteiger partial charge on any atom is -0.496 e. The van der Waals surface area contributed by atoms with Crippen molar-refractivity contribution in [3.63, 3.8) is 0 Å². The first kappa shape index (κ1) is 19.7. The van der Waals surface area contributed by atoms with E-state index in [2.05, 4.69) is 25.9 Å². The molecule has 0 spiro atoms. The van der Waals surface area contributed by atoms with Crippen LogP contribution >= 0.6 is 38.9 Å². The lowest BCUT2D eigenvalue weighted by Crippen LogP contribution is -2.04. The smallest absolute Gasteiger partial charge is 0.352 e. The largest absolute Gasteiger partial charge is 0.496 e. The monoisotopic (exact) mass is 471 g/mol. The molecule has 3 rings (SSSR count). The molecule has 0 fully saturated rings. The molecule has 27 heavy (non-hydrogen) atoms. The van der Waals surface area contributed by atoms with Crippen molar-refractivity contribution in [1.82, 2.24) is 9.97 Å². The summed E-state index contributed by atoms with van der Waals surface area (Å²) in [5, 5.41) is 0.957. The quantitative estimate of drug-likeness (QED) is 0.544. The van der Waals surface area contributed by atoms with Crippen LogP contribution in [0.25, 0.3) is 21.5 Å². The summed E-state index contributed by atoms with van der Waals surface area (Å²) in [4.78, 5) is 21.7. The molecule has 0 amide bonds. The molecule has 0 saturated heterocycles. The van der Waals surface area contributed by atoms with Crippen LogP contribution < -0.4 is 15.2 Å². The van der Waals surface area contributed by atoms with E-state index < -0.39 is 5.97 Å². The molecule has 2 N–H and O–H groups in total. The summed E-state index contributed by atoms with van der Waals surface area (Å²) in [7, 11) is 3.01. The topological polar surface area (TPSA) is 96.6 Å². The molecule has 2 heterocycles. The third kappa shape index (κ3) is 3.54. The number of hydrogen-bond acceptors (Lipinski definition) is 8. The van der Waals surface area contributed by atoms with Crippen LogP contribution in [0.15, 0.2) is 16.6 Å². The van der Waals surface area contributed by atoms with Crippen molar-refractivity contribution in [3.8, 4) is 22.8 Å². The number of thiophene rings is 1. The molecule has 0 aliphatic carbocycles. The van der Waals surface area contributed by atoms with E-state index in [4.69, 9.17) is 31.5 Å². The molecular weight excluding hydrogens is 458 g/mol. The Balaban J connectivity index is 2.35. The second kappa shape index (κ2) is 7.87. The van der Waals surface area contributed by atoms with E-state index in [-0.39, 0.29) is 17.4 Å². The second-order valence-corrected chi connectivity index (χ2v) is 7.52. The van der Waals surface area contributed by atoms with Gasteiger partial charge < -0.3 is 19.9 Å². The van der Waals surface area contributed by atoms with Crippen LogP contribution in [0.3, 0.4) is 0 Å². The van der Waals surface area contributed by atoms with Gasteiger partial charge in [0.25, 0.3) is 0 Å². The van der Waals surface area contributed by atoms with E-state index in [1.54, 1.807) is 26.2 Å². The average Bonchev–Trinajstić information content (AvgIpc) is 3.00. The molecule has 0 aliphatic rings. The molecular formula is C17H15BrClN3O4S. The lowest BCUT2D eigenvalue weighted by Gasteiger charge is -2.11. The summed E-state index contributed by atoms with van der Waals surface area (Å²) in [5.41, 5.74) is 6.91. The number of carbonyl (C=O) groups excluding carboxylic acids is 1. The summed E-state index contributed by atoms with van der Waals surface area (Å²) >= 11 is 11.0. The Morgan fingerprint density at radius 1 is 1.30 bits per heavy atom. The molecule has 0 atom stereocenters. The Hall–Kier alpha value is -2.10. The Morgan fingerprint density at radius 2 is 2.04 bits per heavy atom. The second-order valence-electron chi connectivity index (χ2n) is 5.26. The van der Waals surface area contributed by atoms with Crippen LogP contribution in [0.2, 0.25) is 5.02 Å². The van der Waals surface area contributed by atoms with E-state index in [0.717, 1.165) is 11.3 Å². The number of rotatable bonds is 5. The summed E-state index contributed by atoms with van der Waals surface area (Å²) in [6, 6.07) is 3.43. The standard InChI is InChI=1S/C17H15BrClN3O4S/c1-4-26-16(23)14-13(25-3)11-12(21-17(20)22-15(11)27-14)7-5-10(24-2)8(18)6-9(7)19/h5-6H,4H2,1-3H3,(H2,20,21,22). The highest BCUT2D eigenvalue weighted by atomic mass is 79.9. The molecule has 0 bridgehead atoms. The minimum atomic E-state index is -0.499. The van der Waals surface area contributed by atoms with Gasteiger partial charge in [-0.25, -0.2) is 14.8 Å².